The lowest BCUT2D eigenvalue weighted by molar-refractivity contribution is -0.152. The van der Waals surface area contributed by atoms with Crippen molar-refractivity contribution in [2.75, 3.05) is 13.2 Å². The quantitative estimate of drug-likeness (QED) is 0.818. The first kappa shape index (κ1) is 14.5. The van der Waals surface area contributed by atoms with E-state index >= 15 is 0 Å². The highest BCUT2D eigenvalue weighted by Gasteiger charge is 2.26. The molecule has 108 valence electrons. The van der Waals surface area contributed by atoms with Crippen molar-refractivity contribution in [3.05, 3.63) is 35.9 Å². The molecule has 5 nitrogen and oxygen atoms in total. The van der Waals surface area contributed by atoms with Crippen LogP contribution in [0.4, 0.5) is 0 Å². The average Bonchev–Trinajstić information content (AvgIpc) is 2.91. The van der Waals surface area contributed by atoms with Gasteiger partial charge in [0.1, 0.15) is 12.1 Å². The molecule has 0 spiro atoms. The van der Waals surface area contributed by atoms with Gasteiger partial charge >= 0.3 is 5.97 Å². The van der Waals surface area contributed by atoms with E-state index in [1.165, 1.54) is 6.92 Å². The summed E-state index contributed by atoms with van der Waals surface area (Å²) in [4.78, 5) is 23.4. The third kappa shape index (κ3) is 4.35. The molecule has 1 amide bonds. The fourth-order valence-corrected chi connectivity index (χ4v) is 2.14. The van der Waals surface area contributed by atoms with Crippen molar-refractivity contribution >= 4 is 11.9 Å². The Morgan fingerprint density at radius 1 is 1.40 bits per heavy atom. The molecule has 1 aromatic carbocycles. The first-order valence-corrected chi connectivity index (χ1v) is 6.74. The summed E-state index contributed by atoms with van der Waals surface area (Å²) in [6.45, 7) is 2.44. The topological polar surface area (TPSA) is 64.6 Å². The molecule has 1 heterocycles. The summed E-state index contributed by atoms with van der Waals surface area (Å²) >= 11 is 0. The lowest BCUT2D eigenvalue weighted by Gasteiger charge is -2.19. The summed E-state index contributed by atoms with van der Waals surface area (Å²) in [5, 5.41) is 2.65. The van der Waals surface area contributed by atoms with Crippen molar-refractivity contribution in [2.45, 2.75) is 31.9 Å². The second-order valence-electron chi connectivity index (χ2n) is 4.87. The van der Waals surface area contributed by atoms with E-state index in [-0.39, 0.29) is 12.0 Å². The minimum Gasteiger partial charge on any atom is -0.458 e. The first-order valence-electron chi connectivity index (χ1n) is 6.74. The maximum Gasteiger partial charge on any atom is 0.329 e. The van der Waals surface area contributed by atoms with Gasteiger partial charge in [-0.05, 0) is 5.56 Å². The average molecular weight is 277 g/mol. The molecule has 1 N–H and O–H groups in total. The molecule has 2 rings (SSSR count). The van der Waals surface area contributed by atoms with Crippen molar-refractivity contribution in [1.82, 2.24) is 5.32 Å². The second kappa shape index (κ2) is 7.05. The molecule has 2 unspecified atom stereocenters. The van der Waals surface area contributed by atoms with Gasteiger partial charge in [0, 0.05) is 19.8 Å². The van der Waals surface area contributed by atoms with Crippen LogP contribution in [0.2, 0.25) is 0 Å². The smallest absolute Gasteiger partial charge is 0.329 e. The van der Waals surface area contributed by atoms with Crippen LogP contribution in [0, 0.1) is 0 Å². The Hall–Kier alpha value is -1.88. The SMILES string of the molecule is CC(=O)NC(Cc1ccccc1)C(=O)OC1CCOC1. The van der Waals surface area contributed by atoms with E-state index in [1.807, 2.05) is 30.3 Å². The Balaban J connectivity index is 1.98. The summed E-state index contributed by atoms with van der Waals surface area (Å²) in [5.41, 5.74) is 0.978. The molecule has 5 heteroatoms. The third-order valence-corrected chi connectivity index (χ3v) is 3.12. The van der Waals surface area contributed by atoms with Crippen LogP contribution >= 0.6 is 0 Å². The Morgan fingerprint density at radius 2 is 2.15 bits per heavy atom. The molecule has 20 heavy (non-hydrogen) atoms. The van der Waals surface area contributed by atoms with Crippen molar-refractivity contribution in [1.29, 1.82) is 0 Å². The molecular formula is C15H19NO4. The summed E-state index contributed by atoms with van der Waals surface area (Å²) in [6.07, 6.45) is 0.936. The maximum atomic E-state index is 12.1. The number of hydrogen-bond donors (Lipinski definition) is 1. The van der Waals surface area contributed by atoms with Gasteiger partial charge in [-0.1, -0.05) is 30.3 Å². The molecule has 0 aliphatic carbocycles. The van der Waals surface area contributed by atoms with Crippen LogP contribution in [0.25, 0.3) is 0 Å². The number of rotatable bonds is 5. The monoisotopic (exact) mass is 277 g/mol. The molecule has 0 radical (unpaired) electrons. The molecule has 1 saturated heterocycles. The van der Waals surface area contributed by atoms with Gasteiger partial charge in [0.05, 0.1) is 13.2 Å². The molecule has 0 aromatic heterocycles. The lowest BCUT2D eigenvalue weighted by atomic mass is 10.1. The first-order chi connectivity index (χ1) is 9.65. The van der Waals surface area contributed by atoms with Gasteiger partial charge in [-0.2, -0.15) is 0 Å². The van der Waals surface area contributed by atoms with Crippen LogP contribution in [0.5, 0.6) is 0 Å². The van der Waals surface area contributed by atoms with Crippen LogP contribution in [0.15, 0.2) is 30.3 Å². The van der Waals surface area contributed by atoms with Gasteiger partial charge < -0.3 is 14.8 Å². The number of esters is 1. The number of carbonyl (C=O) groups is 2. The zero-order valence-electron chi connectivity index (χ0n) is 11.5. The van der Waals surface area contributed by atoms with Crippen molar-refractivity contribution < 1.29 is 19.1 Å². The number of ether oxygens (including phenoxy) is 2. The highest BCUT2D eigenvalue weighted by molar-refractivity contribution is 5.83. The zero-order valence-corrected chi connectivity index (χ0v) is 11.5. The Kier molecular flexibility index (Phi) is 5.12. The zero-order chi connectivity index (χ0) is 14.4. The molecule has 0 bridgehead atoms. The number of nitrogens with one attached hydrogen (secondary N) is 1. The van der Waals surface area contributed by atoms with E-state index in [1.54, 1.807) is 0 Å². The third-order valence-electron chi connectivity index (χ3n) is 3.12. The Bertz CT molecular complexity index is 454. The van der Waals surface area contributed by atoms with E-state index in [4.69, 9.17) is 9.47 Å². The van der Waals surface area contributed by atoms with Crippen LogP contribution in [-0.4, -0.2) is 37.2 Å². The largest absolute Gasteiger partial charge is 0.458 e. The van der Waals surface area contributed by atoms with Crippen LogP contribution in [0.3, 0.4) is 0 Å². The van der Waals surface area contributed by atoms with Crippen LogP contribution < -0.4 is 5.32 Å². The van der Waals surface area contributed by atoms with E-state index in [9.17, 15) is 9.59 Å². The predicted molar refractivity (Wildman–Crippen MR) is 73.1 cm³/mol. The van der Waals surface area contributed by atoms with E-state index < -0.39 is 12.0 Å². The summed E-state index contributed by atoms with van der Waals surface area (Å²) < 4.78 is 10.5. The summed E-state index contributed by atoms with van der Waals surface area (Å²) in [6, 6.07) is 8.88. The number of amides is 1. The minimum absolute atomic E-state index is 0.200. The minimum atomic E-state index is -0.657. The predicted octanol–water partition coefficient (Wildman–Crippen LogP) is 1.07. The van der Waals surface area contributed by atoms with E-state index in [0.717, 1.165) is 5.56 Å². The molecule has 1 fully saturated rings. The standard InChI is InChI=1S/C15H19NO4/c1-11(17)16-14(9-12-5-3-2-4-6-12)15(18)20-13-7-8-19-10-13/h2-6,13-14H,7-10H2,1H3,(H,16,17). The normalized spacial score (nSPS) is 19.4. The van der Waals surface area contributed by atoms with Crippen molar-refractivity contribution in [3.63, 3.8) is 0 Å². The van der Waals surface area contributed by atoms with Crippen LogP contribution in [0.1, 0.15) is 18.9 Å². The number of carbonyl (C=O) groups excluding carboxylic acids is 2. The lowest BCUT2D eigenvalue weighted by Crippen LogP contribution is -2.43. The van der Waals surface area contributed by atoms with Crippen LogP contribution in [-0.2, 0) is 25.5 Å². The van der Waals surface area contributed by atoms with E-state index in [0.29, 0.717) is 26.1 Å². The van der Waals surface area contributed by atoms with Gasteiger partial charge in [0.25, 0.3) is 0 Å². The number of benzene rings is 1. The summed E-state index contributed by atoms with van der Waals surface area (Å²) in [7, 11) is 0. The highest BCUT2D eigenvalue weighted by Crippen LogP contribution is 2.11. The van der Waals surface area contributed by atoms with Gasteiger partial charge in [0.2, 0.25) is 5.91 Å². The Morgan fingerprint density at radius 3 is 2.75 bits per heavy atom. The van der Waals surface area contributed by atoms with Crippen molar-refractivity contribution in [3.8, 4) is 0 Å². The Labute approximate surface area is 118 Å². The molecular weight excluding hydrogens is 258 g/mol. The fraction of sp³-hybridized carbons (Fsp3) is 0.467. The highest BCUT2D eigenvalue weighted by atomic mass is 16.6. The van der Waals surface area contributed by atoms with Gasteiger partial charge in [-0.15, -0.1) is 0 Å². The molecule has 1 aromatic rings. The number of hydrogen-bond acceptors (Lipinski definition) is 4. The van der Waals surface area contributed by atoms with Gasteiger partial charge in [0.15, 0.2) is 0 Å². The molecule has 0 saturated carbocycles. The van der Waals surface area contributed by atoms with E-state index in [2.05, 4.69) is 5.32 Å². The van der Waals surface area contributed by atoms with Crippen molar-refractivity contribution in [2.24, 2.45) is 0 Å². The maximum absolute atomic E-state index is 12.1. The second-order valence-corrected chi connectivity index (χ2v) is 4.87. The summed E-state index contributed by atoms with van der Waals surface area (Å²) in [5.74, 6) is -0.648. The van der Waals surface area contributed by atoms with Gasteiger partial charge in [-0.25, -0.2) is 4.79 Å². The molecule has 1 aliphatic rings. The molecule has 1 aliphatic heterocycles. The van der Waals surface area contributed by atoms with Gasteiger partial charge in [-0.3, -0.25) is 4.79 Å². The molecule has 2 atom stereocenters. The fourth-order valence-electron chi connectivity index (χ4n) is 2.14.